The Hall–Kier alpha value is -1.67. The number of halogens is 1. The van der Waals surface area contributed by atoms with Crippen molar-refractivity contribution >= 4 is 23.0 Å². The van der Waals surface area contributed by atoms with Crippen molar-refractivity contribution in [2.75, 3.05) is 31.2 Å². The predicted molar refractivity (Wildman–Crippen MR) is 84.6 cm³/mol. The molecule has 0 aromatic heterocycles. The van der Waals surface area contributed by atoms with Gasteiger partial charge in [-0.25, -0.2) is 0 Å². The van der Waals surface area contributed by atoms with Crippen molar-refractivity contribution in [2.24, 2.45) is 0 Å². The highest BCUT2D eigenvalue weighted by Crippen LogP contribution is 2.49. The second-order valence-corrected chi connectivity index (χ2v) is 5.30. The summed E-state index contributed by atoms with van der Waals surface area (Å²) >= 11 is 6.24. The lowest BCUT2D eigenvalue weighted by molar-refractivity contribution is 0.332. The van der Waals surface area contributed by atoms with E-state index in [0.29, 0.717) is 35.4 Å². The first-order valence-electron chi connectivity index (χ1n) is 7.45. The summed E-state index contributed by atoms with van der Waals surface area (Å²) in [7, 11) is 0. The highest BCUT2D eigenvalue weighted by atomic mass is 35.5. The van der Waals surface area contributed by atoms with Crippen molar-refractivity contribution < 1.29 is 9.47 Å². The van der Waals surface area contributed by atoms with Gasteiger partial charge in [0.2, 0.25) is 11.1 Å². The zero-order valence-electron chi connectivity index (χ0n) is 12.6. The van der Waals surface area contributed by atoms with Gasteiger partial charge in [-0.1, -0.05) is 11.6 Å². The fourth-order valence-electron chi connectivity index (χ4n) is 2.65. The number of anilines is 1. The van der Waals surface area contributed by atoms with Crippen molar-refractivity contribution in [2.45, 2.75) is 33.1 Å². The van der Waals surface area contributed by atoms with Gasteiger partial charge in [-0.2, -0.15) is 0 Å². The molecule has 1 aromatic carbocycles. The van der Waals surface area contributed by atoms with Gasteiger partial charge < -0.3 is 14.4 Å². The Balaban J connectivity index is 2.56. The van der Waals surface area contributed by atoms with E-state index in [1.54, 1.807) is 6.07 Å². The molecule has 5 nitrogen and oxygen atoms in total. The Morgan fingerprint density at radius 3 is 2.43 bits per heavy atom. The number of rotatable bonds is 5. The van der Waals surface area contributed by atoms with E-state index in [1.165, 1.54) is 6.42 Å². The largest absolute Gasteiger partial charge is 0.491 e. The molecule has 114 valence electrons. The summed E-state index contributed by atoms with van der Waals surface area (Å²) in [4.78, 5) is 5.62. The number of benzene rings is 1. The Kier molecular flexibility index (Phi) is 5.51. The van der Waals surface area contributed by atoms with Crippen molar-refractivity contribution in [1.82, 2.24) is 0 Å². The van der Waals surface area contributed by atoms with E-state index in [-0.39, 0.29) is 0 Å². The minimum absolute atomic E-state index is 0.356. The van der Waals surface area contributed by atoms with Crippen molar-refractivity contribution in [3.05, 3.63) is 16.1 Å². The Morgan fingerprint density at radius 2 is 1.86 bits per heavy atom. The molecule has 0 aliphatic carbocycles. The molecule has 1 heterocycles. The second kappa shape index (κ2) is 7.37. The number of diazo groups is 1. The van der Waals surface area contributed by atoms with Crippen LogP contribution in [-0.4, -0.2) is 26.3 Å². The van der Waals surface area contributed by atoms with Crippen LogP contribution >= 0.6 is 11.6 Å². The zero-order valence-corrected chi connectivity index (χ0v) is 13.3. The third kappa shape index (κ3) is 3.33. The number of piperidine rings is 1. The van der Waals surface area contributed by atoms with Crippen LogP contribution in [0.3, 0.4) is 0 Å². The summed E-state index contributed by atoms with van der Waals surface area (Å²) in [6.07, 6.45) is 3.45. The monoisotopic (exact) mass is 310 g/mol. The SMILES string of the molecule is CCOc1cc(Cl)c(OCC)c([N+]#N)c1N1CCCCC1. The fraction of sp³-hybridized carbons (Fsp3) is 0.600. The van der Waals surface area contributed by atoms with E-state index in [4.69, 9.17) is 21.1 Å². The van der Waals surface area contributed by atoms with Gasteiger partial charge in [0, 0.05) is 19.2 Å². The van der Waals surface area contributed by atoms with Gasteiger partial charge in [-0.15, -0.1) is 0 Å². The molecule has 1 aliphatic rings. The molecule has 21 heavy (non-hydrogen) atoms. The molecule has 1 fully saturated rings. The van der Waals surface area contributed by atoms with Gasteiger partial charge in [-0.3, -0.25) is 0 Å². The van der Waals surface area contributed by atoms with Gasteiger partial charge in [0.05, 0.1) is 18.2 Å². The van der Waals surface area contributed by atoms with E-state index in [9.17, 15) is 5.39 Å². The van der Waals surface area contributed by atoms with Crippen molar-refractivity contribution in [1.29, 1.82) is 5.39 Å². The normalized spacial score (nSPS) is 14.7. The number of hydrogen-bond donors (Lipinski definition) is 0. The van der Waals surface area contributed by atoms with Gasteiger partial charge in [0.15, 0.2) is 16.4 Å². The predicted octanol–water partition coefficient (Wildman–Crippen LogP) is 4.61. The molecule has 1 saturated heterocycles. The summed E-state index contributed by atoms with van der Waals surface area (Å²) in [6, 6.07) is 1.74. The third-order valence-electron chi connectivity index (χ3n) is 3.51. The van der Waals surface area contributed by atoms with Gasteiger partial charge in [0.25, 0.3) is 0 Å². The molecule has 0 unspecified atom stereocenters. The molecule has 0 N–H and O–H groups in total. The molecule has 6 heteroatoms. The topological polar surface area (TPSA) is 49.9 Å². The molecule has 1 aliphatic heterocycles. The first-order valence-corrected chi connectivity index (χ1v) is 7.82. The molecule has 0 spiro atoms. The molecule has 0 saturated carbocycles. The van der Waals surface area contributed by atoms with Crippen LogP contribution in [0.25, 0.3) is 4.98 Å². The Morgan fingerprint density at radius 1 is 1.19 bits per heavy atom. The van der Waals surface area contributed by atoms with Crippen LogP contribution in [0.2, 0.25) is 5.02 Å². The molecule has 0 atom stereocenters. The quantitative estimate of drug-likeness (QED) is 0.745. The smallest absolute Gasteiger partial charge is 0.454 e. The Labute approximate surface area is 130 Å². The average molecular weight is 311 g/mol. The molecular formula is C15H21ClN3O2+. The van der Waals surface area contributed by atoms with E-state index in [2.05, 4.69) is 9.88 Å². The lowest BCUT2D eigenvalue weighted by atomic mass is 10.1. The molecule has 2 rings (SSSR count). The highest BCUT2D eigenvalue weighted by Gasteiger charge is 2.33. The third-order valence-corrected chi connectivity index (χ3v) is 3.79. The highest BCUT2D eigenvalue weighted by molar-refractivity contribution is 6.33. The summed E-state index contributed by atoms with van der Waals surface area (Å²) in [5.41, 5.74) is 1.13. The molecule has 0 amide bonds. The molecule has 1 aromatic rings. The van der Waals surface area contributed by atoms with Gasteiger partial charge in [0.1, 0.15) is 0 Å². The van der Waals surface area contributed by atoms with Crippen LogP contribution in [0.1, 0.15) is 33.1 Å². The summed E-state index contributed by atoms with van der Waals surface area (Å²) in [6.45, 7) is 6.59. The second-order valence-electron chi connectivity index (χ2n) is 4.90. The summed E-state index contributed by atoms with van der Waals surface area (Å²) in [5, 5.41) is 9.87. The van der Waals surface area contributed by atoms with Crippen molar-refractivity contribution in [3.63, 3.8) is 0 Å². The first kappa shape index (κ1) is 15.7. The Bertz CT molecular complexity index is 537. The van der Waals surface area contributed by atoms with Gasteiger partial charge in [-0.05, 0) is 33.1 Å². The van der Waals surface area contributed by atoms with Crippen LogP contribution in [-0.2, 0) is 0 Å². The minimum Gasteiger partial charge on any atom is -0.491 e. The van der Waals surface area contributed by atoms with Crippen LogP contribution in [0.5, 0.6) is 11.5 Å². The molecule has 0 bridgehead atoms. The molecular weight excluding hydrogens is 290 g/mol. The number of nitrogens with zero attached hydrogens (tertiary/aromatic N) is 3. The van der Waals surface area contributed by atoms with E-state index >= 15 is 0 Å². The van der Waals surface area contributed by atoms with Crippen molar-refractivity contribution in [3.8, 4) is 11.5 Å². The van der Waals surface area contributed by atoms with E-state index < -0.39 is 0 Å². The van der Waals surface area contributed by atoms with E-state index in [1.807, 2.05) is 13.8 Å². The van der Waals surface area contributed by atoms with Crippen LogP contribution in [0.4, 0.5) is 11.4 Å². The lowest BCUT2D eigenvalue weighted by Crippen LogP contribution is -2.30. The maximum atomic E-state index is 9.48. The van der Waals surface area contributed by atoms with Crippen LogP contribution in [0, 0.1) is 5.39 Å². The fourth-order valence-corrected chi connectivity index (χ4v) is 2.89. The number of hydrogen-bond acceptors (Lipinski definition) is 4. The lowest BCUT2D eigenvalue weighted by Gasteiger charge is -2.29. The molecule has 0 radical (unpaired) electrons. The zero-order chi connectivity index (χ0) is 15.2. The first-order chi connectivity index (χ1) is 10.2. The standard InChI is InChI=1S/C15H21ClN3O2/c1-3-20-12-10-11(16)15(21-4-2)13(18-17)14(12)19-8-6-5-7-9-19/h10H,3-9H2,1-2H3/q+1. The number of ether oxygens (including phenoxy) is 2. The van der Waals surface area contributed by atoms with Crippen LogP contribution in [0.15, 0.2) is 6.07 Å². The minimum atomic E-state index is 0.356. The van der Waals surface area contributed by atoms with Crippen LogP contribution < -0.4 is 14.4 Å². The average Bonchev–Trinajstić information content (AvgIpc) is 2.50. The maximum Gasteiger partial charge on any atom is 0.454 e. The summed E-state index contributed by atoms with van der Waals surface area (Å²) in [5.74, 6) is 1.05. The maximum absolute atomic E-state index is 9.48. The summed E-state index contributed by atoms with van der Waals surface area (Å²) < 4.78 is 11.2. The van der Waals surface area contributed by atoms with Gasteiger partial charge >= 0.3 is 5.69 Å². The van der Waals surface area contributed by atoms with E-state index in [0.717, 1.165) is 31.6 Å².